The molecule has 66 valence electrons. The lowest BCUT2D eigenvalue weighted by Crippen LogP contribution is -2.11. The monoisotopic (exact) mass is 231 g/mol. The molecule has 0 unspecified atom stereocenters. The molecule has 1 amide bonds. The third-order valence-electron chi connectivity index (χ3n) is 1.46. The highest BCUT2D eigenvalue weighted by molar-refractivity contribution is 9.10. The van der Waals surface area contributed by atoms with Crippen LogP contribution >= 0.6 is 15.9 Å². The van der Waals surface area contributed by atoms with Crippen LogP contribution in [-0.4, -0.2) is 15.7 Å². The Morgan fingerprint density at radius 2 is 2.50 bits per heavy atom. The molecule has 1 aromatic rings. The van der Waals surface area contributed by atoms with Gasteiger partial charge in [0, 0.05) is 26.1 Å². The van der Waals surface area contributed by atoms with Gasteiger partial charge in [0.1, 0.15) is 0 Å². The Balaban J connectivity index is 2.62. The van der Waals surface area contributed by atoms with Crippen LogP contribution in [-0.2, 0) is 18.3 Å². The van der Waals surface area contributed by atoms with Gasteiger partial charge in [-0.25, -0.2) is 0 Å². The maximum atomic E-state index is 10.5. The number of carbonyl (C=O) groups is 1. The van der Waals surface area contributed by atoms with E-state index in [9.17, 15) is 4.79 Å². The predicted molar refractivity (Wildman–Crippen MR) is 48.4 cm³/mol. The van der Waals surface area contributed by atoms with E-state index in [4.69, 9.17) is 5.73 Å². The number of aryl methyl sites for hydroxylation is 2. The zero-order chi connectivity index (χ0) is 9.14. The van der Waals surface area contributed by atoms with Gasteiger partial charge in [0.25, 0.3) is 0 Å². The number of carbonyl (C=O) groups excluding carboxylic acids is 1. The van der Waals surface area contributed by atoms with Crippen LogP contribution in [0.4, 0.5) is 0 Å². The van der Waals surface area contributed by atoms with Gasteiger partial charge in [-0.05, 0) is 15.9 Å². The third-order valence-corrected chi connectivity index (χ3v) is 2.12. The first kappa shape index (κ1) is 9.25. The van der Waals surface area contributed by atoms with Crippen molar-refractivity contribution in [2.75, 3.05) is 0 Å². The molecule has 0 saturated carbocycles. The molecule has 0 atom stereocenters. The largest absolute Gasteiger partial charge is 0.370 e. The quantitative estimate of drug-likeness (QED) is 0.829. The van der Waals surface area contributed by atoms with E-state index in [0.717, 1.165) is 10.2 Å². The summed E-state index contributed by atoms with van der Waals surface area (Å²) in [5.74, 6) is -0.299. The fourth-order valence-electron chi connectivity index (χ4n) is 0.917. The summed E-state index contributed by atoms with van der Waals surface area (Å²) in [6, 6.07) is 0. The molecular formula is C7H10BrN3O. The molecule has 0 aromatic carbocycles. The number of aromatic nitrogens is 2. The highest BCUT2D eigenvalue weighted by atomic mass is 79.9. The summed E-state index contributed by atoms with van der Waals surface area (Å²) in [6.07, 6.45) is 2.78. The zero-order valence-corrected chi connectivity index (χ0v) is 8.34. The average molecular weight is 232 g/mol. The summed E-state index contributed by atoms with van der Waals surface area (Å²) >= 11 is 3.33. The van der Waals surface area contributed by atoms with Gasteiger partial charge in [0.05, 0.1) is 10.2 Å². The molecule has 0 radical (unpaired) electrons. The Morgan fingerprint density at radius 1 is 1.83 bits per heavy atom. The first-order valence-corrected chi connectivity index (χ1v) is 4.35. The van der Waals surface area contributed by atoms with E-state index in [1.807, 2.05) is 13.2 Å². The molecule has 1 rings (SSSR count). The van der Waals surface area contributed by atoms with Crippen LogP contribution < -0.4 is 5.73 Å². The van der Waals surface area contributed by atoms with Crippen molar-refractivity contribution in [3.63, 3.8) is 0 Å². The lowest BCUT2D eigenvalue weighted by Gasteiger charge is -1.92. The van der Waals surface area contributed by atoms with Crippen molar-refractivity contribution in [2.45, 2.75) is 12.8 Å². The summed E-state index contributed by atoms with van der Waals surface area (Å²) < 4.78 is 2.62. The Morgan fingerprint density at radius 3 is 2.92 bits per heavy atom. The molecule has 2 N–H and O–H groups in total. The lowest BCUT2D eigenvalue weighted by atomic mass is 10.2. The highest BCUT2D eigenvalue weighted by Gasteiger charge is 2.05. The Hall–Kier alpha value is -0.840. The van der Waals surface area contributed by atoms with Crippen LogP contribution in [0.3, 0.4) is 0 Å². The molecule has 1 aromatic heterocycles. The molecule has 4 nitrogen and oxygen atoms in total. The van der Waals surface area contributed by atoms with E-state index in [1.54, 1.807) is 4.68 Å². The summed E-state index contributed by atoms with van der Waals surface area (Å²) in [6.45, 7) is 0. The molecule has 0 aliphatic carbocycles. The van der Waals surface area contributed by atoms with Gasteiger partial charge in [-0.2, -0.15) is 5.10 Å². The Bertz CT molecular complexity index is 295. The zero-order valence-electron chi connectivity index (χ0n) is 6.75. The summed E-state index contributed by atoms with van der Waals surface area (Å²) in [5, 5.41) is 4.14. The SMILES string of the molecule is Cn1cc(Br)c(CCC(N)=O)n1. The minimum Gasteiger partial charge on any atom is -0.370 e. The minimum absolute atomic E-state index is 0.299. The van der Waals surface area contributed by atoms with Crippen molar-refractivity contribution in [3.05, 3.63) is 16.4 Å². The van der Waals surface area contributed by atoms with Gasteiger partial charge in [0.2, 0.25) is 5.91 Å². The van der Waals surface area contributed by atoms with Crippen LogP contribution in [0.5, 0.6) is 0 Å². The number of hydrogen-bond acceptors (Lipinski definition) is 2. The van der Waals surface area contributed by atoms with Crippen LogP contribution in [0.15, 0.2) is 10.7 Å². The van der Waals surface area contributed by atoms with Crippen molar-refractivity contribution in [1.29, 1.82) is 0 Å². The molecular weight excluding hydrogens is 222 g/mol. The summed E-state index contributed by atoms with van der Waals surface area (Å²) in [4.78, 5) is 10.5. The molecule has 1 heterocycles. The molecule has 12 heavy (non-hydrogen) atoms. The van der Waals surface area contributed by atoms with Gasteiger partial charge in [-0.3, -0.25) is 9.48 Å². The van der Waals surface area contributed by atoms with Gasteiger partial charge in [0.15, 0.2) is 0 Å². The lowest BCUT2D eigenvalue weighted by molar-refractivity contribution is -0.118. The van der Waals surface area contributed by atoms with Crippen LogP contribution in [0.25, 0.3) is 0 Å². The fraction of sp³-hybridized carbons (Fsp3) is 0.429. The number of primary amides is 1. The van der Waals surface area contributed by atoms with E-state index in [-0.39, 0.29) is 5.91 Å². The third kappa shape index (κ3) is 2.34. The van der Waals surface area contributed by atoms with E-state index in [0.29, 0.717) is 12.8 Å². The second-order valence-corrected chi connectivity index (χ2v) is 3.42. The van der Waals surface area contributed by atoms with Crippen molar-refractivity contribution >= 4 is 21.8 Å². The Kier molecular flexibility index (Phi) is 2.86. The van der Waals surface area contributed by atoms with E-state index in [1.165, 1.54) is 0 Å². The van der Waals surface area contributed by atoms with Crippen LogP contribution in [0.2, 0.25) is 0 Å². The molecule has 0 bridgehead atoms. The molecule has 0 saturated heterocycles. The van der Waals surface area contributed by atoms with Crippen molar-refractivity contribution in [1.82, 2.24) is 9.78 Å². The van der Waals surface area contributed by atoms with Crippen LogP contribution in [0, 0.1) is 0 Å². The standard InChI is InChI=1S/C7H10BrN3O/c1-11-4-5(8)6(10-11)2-3-7(9)12/h4H,2-3H2,1H3,(H2,9,12). The fourth-order valence-corrected chi connectivity index (χ4v) is 1.49. The van der Waals surface area contributed by atoms with E-state index >= 15 is 0 Å². The molecule has 0 spiro atoms. The van der Waals surface area contributed by atoms with Crippen LogP contribution in [0.1, 0.15) is 12.1 Å². The number of nitrogens with two attached hydrogens (primary N) is 1. The number of halogens is 1. The van der Waals surface area contributed by atoms with Gasteiger partial charge in [-0.1, -0.05) is 0 Å². The molecule has 0 fully saturated rings. The minimum atomic E-state index is -0.299. The maximum absolute atomic E-state index is 10.5. The van der Waals surface area contributed by atoms with Gasteiger partial charge < -0.3 is 5.73 Å². The second-order valence-electron chi connectivity index (χ2n) is 2.56. The van der Waals surface area contributed by atoms with E-state index < -0.39 is 0 Å². The highest BCUT2D eigenvalue weighted by Crippen LogP contribution is 2.15. The summed E-state index contributed by atoms with van der Waals surface area (Å²) in [7, 11) is 1.83. The van der Waals surface area contributed by atoms with Crippen molar-refractivity contribution in [2.24, 2.45) is 12.8 Å². The number of amides is 1. The maximum Gasteiger partial charge on any atom is 0.217 e. The second kappa shape index (κ2) is 3.71. The molecule has 0 aliphatic rings. The smallest absolute Gasteiger partial charge is 0.217 e. The van der Waals surface area contributed by atoms with Gasteiger partial charge >= 0.3 is 0 Å². The number of hydrogen-bond donors (Lipinski definition) is 1. The topological polar surface area (TPSA) is 60.9 Å². The number of nitrogens with zero attached hydrogens (tertiary/aromatic N) is 2. The Labute approximate surface area is 78.9 Å². The van der Waals surface area contributed by atoms with Crippen molar-refractivity contribution in [3.8, 4) is 0 Å². The summed E-state index contributed by atoms with van der Waals surface area (Å²) in [5.41, 5.74) is 5.88. The predicted octanol–water partition coefficient (Wildman–Crippen LogP) is 0.601. The molecule has 5 heteroatoms. The first-order chi connectivity index (χ1) is 5.59. The molecule has 0 aliphatic heterocycles. The van der Waals surface area contributed by atoms with Gasteiger partial charge in [-0.15, -0.1) is 0 Å². The van der Waals surface area contributed by atoms with E-state index in [2.05, 4.69) is 21.0 Å². The first-order valence-electron chi connectivity index (χ1n) is 3.56. The van der Waals surface area contributed by atoms with Crippen molar-refractivity contribution < 1.29 is 4.79 Å². The average Bonchev–Trinajstić information content (AvgIpc) is 2.26. The number of rotatable bonds is 3. The normalized spacial score (nSPS) is 10.2.